The number of benzene rings is 2. The van der Waals surface area contributed by atoms with Crippen LogP contribution in [0.3, 0.4) is 0 Å². The number of hydrogen-bond acceptors (Lipinski definition) is 1. The van der Waals surface area contributed by atoms with Crippen LogP contribution in [0.5, 0.6) is 0 Å². The van der Waals surface area contributed by atoms with Gasteiger partial charge in [-0.2, -0.15) is 0 Å². The van der Waals surface area contributed by atoms with Crippen molar-refractivity contribution in [2.75, 3.05) is 7.05 Å². The average molecular weight is 320 g/mol. The predicted molar refractivity (Wildman–Crippen MR) is 98.9 cm³/mol. The number of aromatic amines is 1. The fraction of sp³-hybridized carbons (Fsp3) is 0.286. The second-order valence-electron chi connectivity index (χ2n) is 6.39. The highest BCUT2D eigenvalue weighted by atomic mass is 16.2. The Morgan fingerprint density at radius 2 is 1.79 bits per heavy atom. The normalized spacial score (nSPS) is 10.9. The molecule has 0 spiro atoms. The van der Waals surface area contributed by atoms with Gasteiger partial charge in [0.25, 0.3) is 0 Å². The maximum Gasteiger partial charge on any atom is 0.222 e. The molecule has 0 radical (unpaired) electrons. The Labute approximate surface area is 143 Å². The number of amides is 1. The zero-order chi connectivity index (χ0) is 16.9. The van der Waals surface area contributed by atoms with Gasteiger partial charge in [-0.05, 0) is 42.5 Å². The number of aryl methyl sites for hydroxylation is 2. The molecule has 24 heavy (non-hydrogen) atoms. The van der Waals surface area contributed by atoms with E-state index >= 15 is 0 Å². The summed E-state index contributed by atoms with van der Waals surface area (Å²) in [5, 5.41) is 1.26. The van der Waals surface area contributed by atoms with E-state index in [0.717, 1.165) is 18.4 Å². The summed E-state index contributed by atoms with van der Waals surface area (Å²) in [4.78, 5) is 17.5. The molecule has 3 heteroatoms. The summed E-state index contributed by atoms with van der Waals surface area (Å²) in [6.45, 7) is 2.77. The van der Waals surface area contributed by atoms with Crippen LogP contribution in [0, 0.1) is 6.92 Å². The SMILES string of the molecule is Cc1ccccc1CN(C)C(=O)CCCc1c[nH]c2ccccc12. The lowest BCUT2D eigenvalue weighted by Crippen LogP contribution is -2.26. The molecule has 124 valence electrons. The zero-order valence-electron chi connectivity index (χ0n) is 14.4. The van der Waals surface area contributed by atoms with Crippen molar-refractivity contribution >= 4 is 16.8 Å². The number of carbonyl (C=O) groups excluding carboxylic acids is 1. The molecule has 0 atom stereocenters. The molecule has 2 aromatic carbocycles. The summed E-state index contributed by atoms with van der Waals surface area (Å²) < 4.78 is 0. The summed E-state index contributed by atoms with van der Waals surface area (Å²) in [5.41, 5.74) is 4.90. The van der Waals surface area contributed by atoms with E-state index in [4.69, 9.17) is 0 Å². The minimum absolute atomic E-state index is 0.207. The van der Waals surface area contributed by atoms with E-state index in [2.05, 4.69) is 48.4 Å². The van der Waals surface area contributed by atoms with Crippen LogP contribution >= 0.6 is 0 Å². The Bertz CT molecular complexity index is 834. The topological polar surface area (TPSA) is 36.1 Å². The third-order valence-corrected chi connectivity index (χ3v) is 4.61. The number of nitrogens with one attached hydrogen (secondary N) is 1. The third kappa shape index (κ3) is 3.67. The van der Waals surface area contributed by atoms with Crippen LogP contribution in [-0.2, 0) is 17.8 Å². The number of nitrogens with zero attached hydrogens (tertiary/aromatic N) is 1. The number of carbonyl (C=O) groups is 1. The van der Waals surface area contributed by atoms with Crippen molar-refractivity contribution in [2.45, 2.75) is 32.7 Å². The molecule has 3 nitrogen and oxygen atoms in total. The number of rotatable bonds is 6. The highest BCUT2D eigenvalue weighted by Gasteiger charge is 2.11. The van der Waals surface area contributed by atoms with Gasteiger partial charge in [0.05, 0.1) is 0 Å². The van der Waals surface area contributed by atoms with Crippen molar-refractivity contribution in [1.82, 2.24) is 9.88 Å². The van der Waals surface area contributed by atoms with Gasteiger partial charge in [0.15, 0.2) is 0 Å². The highest BCUT2D eigenvalue weighted by molar-refractivity contribution is 5.83. The lowest BCUT2D eigenvalue weighted by atomic mass is 10.1. The second kappa shape index (κ2) is 7.35. The Hall–Kier alpha value is -2.55. The van der Waals surface area contributed by atoms with Crippen LogP contribution in [0.2, 0.25) is 0 Å². The Morgan fingerprint density at radius 3 is 2.62 bits per heavy atom. The standard InChI is InChI=1S/C21H24N2O/c1-16-8-3-4-9-18(16)15-23(2)21(24)13-7-10-17-14-22-20-12-6-5-11-19(17)20/h3-6,8-9,11-12,14,22H,7,10,13,15H2,1-2H3. The number of aromatic nitrogens is 1. The minimum atomic E-state index is 0.207. The molecular weight excluding hydrogens is 296 g/mol. The minimum Gasteiger partial charge on any atom is -0.361 e. The number of fused-ring (bicyclic) bond motifs is 1. The summed E-state index contributed by atoms with van der Waals surface area (Å²) in [6.07, 6.45) is 4.45. The summed E-state index contributed by atoms with van der Waals surface area (Å²) in [6, 6.07) is 16.5. The molecule has 0 unspecified atom stereocenters. The van der Waals surface area contributed by atoms with Crippen molar-refractivity contribution < 1.29 is 4.79 Å². The molecule has 3 rings (SSSR count). The van der Waals surface area contributed by atoms with E-state index in [1.165, 1.54) is 22.1 Å². The van der Waals surface area contributed by atoms with Gasteiger partial charge in [-0.3, -0.25) is 4.79 Å². The van der Waals surface area contributed by atoms with Gasteiger partial charge >= 0.3 is 0 Å². The van der Waals surface area contributed by atoms with Crippen molar-refractivity contribution in [3.63, 3.8) is 0 Å². The molecule has 3 aromatic rings. The molecule has 0 saturated carbocycles. The summed E-state index contributed by atoms with van der Waals surface area (Å²) in [7, 11) is 1.89. The Balaban J connectivity index is 1.53. The van der Waals surface area contributed by atoms with Crippen molar-refractivity contribution in [1.29, 1.82) is 0 Å². The summed E-state index contributed by atoms with van der Waals surface area (Å²) >= 11 is 0. The van der Waals surface area contributed by atoms with Crippen LogP contribution in [0.25, 0.3) is 10.9 Å². The van der Waals surface area contributed by atoms with Gasteiger partial charge in [0, 0.05) is 37.1 Å². The average Bonchev–Trinajstić information content (AvgIpc) is 3.00. The lowest BCUT2D eigenvalue weighted by molar-refractivity contribution is -0.130. The van der Waals surface area contributed by atoms with Crippen molar-refractivity contribution in [3.8, 4) is 0 Å². The molecule has 0 saturated heterocycles. The lowest BCUT2D eigenvalue weighted by Gasteiger charge is -2.18. The maximum atomic E-state index is 12.4. The zero-order valence-corrected chi connectivity index (χ0v) is 14.4. The van der Waals surface area contributed by atoms with Crippen molar-refractivity contribution in [3.05, 3.63) is 71.4 Å². The maximum absolute atomic E-state index is 12.4. The van der Waals surface area contributed by atoms with E-state index in [9.17, 15) is 4.79 Å². The van der Waals surface area contributed by atoms with Gasteiger partial charge in [-0.15, -0.1) is 0 Å². The first kappa shape index (κ1) is 16.3. The third-order valence-electron chi connectivity index (χ3n) is 4.61. The van der Waals surface area contributed by atoms with Gasteiger partial charge in [0.1, 0.15) is 0 Å². The van der Waals surface area contributed by atoms with E-state index in [1.54, 1.807) is 0 Å². The molecule has 1 aromatic heterocycles. The Kier molecular flexibility index (Phi) is 4.99. The number of para-hydroxylation sites is 1. The van der Waals surface area contributed by atoms with Crippen LogP contribution in [0.1, 0.15) is 29.5 Å². The van der Waals surface area contributed by atoms with Crippen LogP contribution in [0.4, 0.5) is 0 Å². The van der Waals surface area contributed by atoms with E-state index in [-0.39, 0.29) is 5.91 Å². The van der Waals surface area contributed by atoms with Crippen LogP contribution in [0.15, 0.2) is 54.7 Å². The number of hydrogen-bond donors (Lipinski definition) is 1. The second-order valence-corrected chi connectivity index (χ2v) is 6.39. The van der Waals surface area contributed by atoms with Crippen LogP contribution in [-0.4, -0.2) is 22.8 Å². The van der Waals surface area contributed by atoms with Crippen molar-refractivity contribution in [2.24, 2.45) is 0 Å². The number of H-pyrrole nitrogens is 1. The molecular formula is C21H24N2O. The summed E-state index contributed by atoms with van der Waals surface area (Å²) in [5.74, 6) is 0.207. The molecule has 1 amide bonds. The molecule has 0 aliphatic heterocycles. The molecule has 0 bridgehead atoms. The fourth-order valence-corrected chi connectivity index (χ4v) is 3.09. The molecule has 1 heterocycles. The van der Waals surface area contributed by atoms with E-state index in [1.807, 2.05) is 30.1 Å². The van der Waals surface area contributed by atoms with Gasteiger partial charge in [0.2, 0.25) is 5.91 Å². The van der Waals surface area contributed by atoms with E-state index in [0.29, 0.717) is 13.0 Å². The highest BCUT2D eigenvalue weighted by Crippen LogP contribution is 2.19. The smallest absolute Gasteiger partial charge is 0.222 e. The Morgan fingerprint density at radius 1 is 1.04 bits per heavy atom. The molecule has 0 aliphatic rings. The van der Waals surface area contributed by atoms with E-state index < -0.39 is 0 Å². The van der Waals surface area contributed by atoms with Gasteiger partial charge in [-0.25, -0.2) is 0 Å². The molecule has 0 aliphatic carbocycles. The largest absolute Gasteiger partial charge is 0.361 e. The molecule has 1 N–H and O–H groups in total. The monoisotopic (exact) mass is 320 g/mol. The molecule has 0 fully saturated rings. The van der Waals surface area contributed by atoms with Gasteiger partial charge in [-0.1, -0.05) is 42.5 Å². The first-order chi connectivity index (χ1) is 11.6. The first-order valence-electron chi connectivity index (χ1n) is 8.48. The first-order valence-corrected chi connectivity index (χ1v) is 8.48. The predicted octanol–water partition coefficient (Wildman–Crippen LogP) is 4.46. The fourth-order valence-electron chi connectivity index (χ4n) is 3.09. The van der Waals surface area contributed by atoms with Gasteiger partial charge < -0.3 is 9.88 Å². The quantitative estimate of drug-likeness (QED) is 0.715. The van der Waals surface area contributed by atoms with Crippen LogP contribution < -0.4 is 0 Å².